The van der Waals surface area contributed by atoms with E-state index in [4.69, 9.17) is 0 Å². The molecule has 0 spiro atoms. The van der Waals surface area contributed by atoms with E-state index in [2.05, 4.69) is 17.4 Å². The molecule has 19 heavy (non-hydrogen) atoms. The fraction of sp³-hybridized carbons (Fsp3) is 0.562. The van der Waals surface area contributed by atoms with Crippen LogP contribution in [0.15, 0.2) is 35.2 Å². The molecule has 0 aromatic heterocycles. The van der Waals surface area contributed by atoms with Crippen molar-refractivity contribution in [1.29, 1.82) is 0 Å². The number of nitrogens with one attached hydrogen (secondary N) is 1. The molecule has 2 fully saturated rings. The monoisotopic (exact) mass is 275 g/mol. The lowest BCUT2D eigenvalue weighted by Gasteiger charge is -2.22. The fourth-order valence-electron chi connectivity index (χ4n) is 3.48. The highest BCUT2D eigenvalue weighted by atomic mass is 32.2. The molecule has 2 nitrogen and oxygen atoms in total. The summed E-state index contributed by atoms with van der Waals surface area (Å²) in [5, 5.41) is 3.24. The lowest BCUT2D eigenvalue weighted by Crippen LogP contribution is -2.38. The van der Waals surface area contributed by atoms with Gasteiger partial charge in [-0.25, -0.2) is 0 Å². The van der Waals surface area contributed by atoms with Gasteiger partial charge in [-0.2, -0.15) is 0 Å². The van der Waals surface area contributed by atoms with E-state index in [1.165, 1.54) is 30.6 Å². The second kappa shape index (κ2) is 6.00. The molecule has 102 valence electrons. The number of carbonyl (C=O) groups is 1. The first-order valence-corrected chi connectivity index (χ1v) is 8.27. The van der Waals surface area contributed by atoms with Gasteiger partial charge < -0.3 is 5.32 Å². The Hall–Kier alpha value is -0.960. The molecule has 0 aliphatic heterocycles. The zero-order valence-electron chi connectivity index (χ0n) is 11.2. The minimum atomic E-state index is 0.237. The van der Waals surface area contributed by atoms with Crippen LogP contribution in [0, 0.1) is 11.8 Å². The Morgan fingerprint density at radius 3 is 2.74 bits per heavy atom. The van der Waals surface area contributed by atoms with E-state index in [1.807, 2.05) is 18.2 Å². The summed E-state index contributed by atoms with van der Waals surface area (Å²) in [7, 11) is 0. The summed E-state index contributed by atoms with van der Waals surface area (Å²) in [6.07, 6.45) is 5.93. The zero-order chi connectivity index (χ0) is 13.1. The second-order valence-electron chi connectivity index (χ2n) is 5.76. The average Bonchev–Trinajstić information content (AvgIpc) is 3.02. The molecule has 0 radical (unpaired) electrons. The summed E-state index contributed by atoms with van der Waals surface area (Å²) in [6.45, 7) is 0. The van der Waals surface area contributed by atoms with Crippen molar-refractivity contribution < 1.29 is 4.79 Å². The first-order valence-electron chi connectivity index (χ1n) is 7.28. The van der Waals surface area contributed by atoms with Gasteiger partial charge in [-0.05, 0) is 43.2 Å². The van der Waals surface area contributed by atoms with Crippen LogP contribution in [0.25, 0.3) is 0 Å². The van der Waals surface area contributed by atoms with Gasteiger partial charge in [-0.1, -0.05) is 24.6 Å². The molecule has 3 atom stereocenters. The number of fused-ring (bicyclic) bond motifs is 2. The predicted molar refractivity (Wildman–Crippen MR) is 79.2 cm³/mol. The number of hydrogen-bond donors (Lipinski definition) is 1. The number of amides is 1. The highest BCUT2D eigenvalue weighted by Crippen LogP contribution is 2.44. The van der Waals surface area contributed by atoms with Crippen LogP contribution < -0.4 is 5.32 Å². The van der Waals surface area contributed by atoms with Gasteiger partial charge in [-0.15, -0.1) is 11.8 Å². The van der Waals surface area contributed by atoms with Gasteiger partial charge in [0.05, 0.1) is 0 Å². The standard InChI is InChI=1S/C16H21NOS/c18-16(8-9-19-14-4-2-1-3-5-14)17-15-11-12-6-7-13(15)10-12/h1-5,12-13,15H,6-11H2,(H,17,18)/t12-,13+,15+/m1/s1. The molecule has 1 N–H and O–H groups in total. The van der Waals surface area contributed by atoms with E-state index in [9.17, 15) is 4.79 Å². The number of benzene rings is 1. The van der Waals surface area contributed by atoms with Crippen molar-refractivity contribution in [3.63, 3.8) is 0 Å². The first-order chi connectivity index (χ1) is 9.31. The third kappa shape index (κ3) is 3.33. The Balaban J connectivity index is 1.38. The van der Waals surface area contributed by atoms with E-state index in [0.29, 0.717) is 12.5 Å². The van der Waals surface area contributed by atoms with Crippen LogP contribution in [-0.2, 0) is 4.79 Å². The maximum atomic E-state index is 11.9. The Morgan fingerprint density at radius 1 is 1.21 bits per heavy atom. The molecular weight excluding hydrogens is 254 g/mol. The van der Waals surface area contributed by atoms with Crippen LogP contribution in [0.3, 0.4) is 0 Å². The minimum absolute atomic E-state index is 0.237. The average molecular weight is 275 g/mol. The van der Waals surface area contributed by atoms with Gasteiger partial charge in [0.25, 0.3) is 0 Å². The largest absolute Gasteiger partial charge is 0.353 e. The number of rotatable bonds is 5. The molecule has 2 saturated carbocycles. The lowest BCUT2D eigenvalue weighted by atomic mass is 9.95. The molecule has 0 saturated heterocycles. The lowest BCUT2D eigenvalue weighted by molar-refractivity contribution is -0.121. The minimum Gasteiger partial charge on any atom is -0.353 e. The summed E-state index contributed by atoms with van der Waals surface area (Å²) in [4.78, 5) is 13.2. The summed E-state index contributed by atoms with van der Waals surface area (Å²) >= 11 is 1.76. The van der Waals surface area contributed by atoms with Crippen LogP contribution in [0.5, 0.6) is 0 Å². The SMILES string of the molecule is O=C(CCSc1ccccc1)N[C@H]1C[C@@H]2CC[C@H]1C2. The maximum Gasteiger partial charge on any atom is 0.221 e. The molecule has 1 amide bonds. The number of hydrogen-bond acceptors (Lipinski definition) is 2. The predicted octanol–water partition coefficient (Wildman–Crippen LogP) is 3.47. The summed E-state index contributed by atoms with van der Waals surface area (Å²) in [5.41, 5.74) is 0. The van der Waals surface area contributed by atoms with Crippen LogP contribution >= 0.6 is 11.8 Å². The molecular formula is C16H21NOS. The topological polar surface area (TPSA) is 29.1 Å². The summed E-state index contributed by atoms with van der Waals surface area (Å²) in [6, 6.07) is 10.8. The van der Waals surface area contributed by atoms with Crippen molar-refractivity contribution in [2.24, 2.45) is 11.8 Å². The summed E-state index contributed by atoms with van der Waals surface area (Å²) in [5.74, 6) is 2.78. The van der Waals surface area contributed by atoms with Crippen LogP contribution in [0.4, 0.5) is 0 Å². The van der Waals surface area contributed by atoms with Crippen LogP contribution in [0.2, 0.25) is 0 Å². The molecule has 0 unspecified atom stereocenters. The second-order valence-corrected chi connectivity index (χ2v) is 6.93. The third-order valence-corrected chi connectivity index (χ3v) is 5.44. The van der Waals surface area contributed by atoms with Crippen molar-refractivity contribution in [3.05, 3.63) is 30.3 Å². The van der Waals surface area contributed by atoms with E-state index in [0.717, 1.165) is 17.6 Å². The van der Waals surface area contributed by atoms with Gasteiger partial charge >= 0.3 is 0 Å². The van der Waals surface area contributed by atoms with Gasteiger partial charge in [0.15, 0.2) is 0 Å². The fourth-order valence-corrected chi connectivity index (χ4v) is 4.35. The van der Waals surface area contributed by atoms with Crippen LogP contribution in [-0.4, -0.2) is 17.7 Å². The van der Waals surface area contributed by atoms with Crippen molar-refractivity contribution in [2.75, 3.05) is 5.75 Å². The molecule has 3 heteroatoms. The molecule has 2 aliphatic carbocycles. The summed E-state index contributed by atoms with van der Waals surface area (Å²) < 4.78 is 0. The smallest absolute Gasteiger partial charge is 0.221 e. The van der Waals surface area contributed by atoms with E-state index in [-0.39, 0.29) is 5.91 Å². The number of carbonyl (C=O) groups excluding carboxylic acids is 1. The van der Waals surface area contributed by atoms with E-state index >= 15 is 0 Å². The highest BCUT2D eigenvalue weighted by molar-refractivity contribution is 7.99. The van der Waals surface area contributed by atoms with Crippen LogP contribution in [0.1, 0.15) is 32.1 Å². The van der Waals surface area contributed by atoms with E-state index < -0.39 is 0 Å². The van der Waals surface area contributed by atoms with Crippen molar-refractivity contribution in [3.8, 4) is 0 Å². The van der Waals surface area contributed by atoms with Gasteiger partial charge in [0.2, 0.25) is 5.91 Å². The molecule has 0 heterocycles. The molecule has 3 rings (SSSR count). The molecule has 1 aromatic rings. The van der Waals surface area contributed by atoms with Crippen molar-refractivity contribution in [1.82, 2.24) is 5.32 Å². The van der Waals surface area contributed by atoms with Crippen molar-refractivity contribution >= 4 is 17.7 Å². The van der Waals surface area contributed by atoms with E-state index in [1.54, 1.807) is 11.8 Å². The maximum absolute atomic E-state index is 11.9. The third-order valence-electron chi connectivity index (χ3n) is 4.43. The molecule has 2 bridgehead atoms. The molecule has 1 aromatic carbocycles. The first kappa shape index (κ1) is 13.0. The highest BCUT2D eigenvalue weighted by Gasteiger charge is 2.39. The Morgan fingerprint density at radius 2 is 2.05 bits per heavy atom. The van der Waals surface area contributed by atoms with Gasteiger partial charge in [-0.3, -0.25) is 4.79 Å². The van der Waals surface area contributed by atoms with Crippen molar-refractivity contribution in [2.45, 2.75) is 43.0 Å². The molecule has 2 aliphatic rings. The Bertz CT molecular complexity index is 434. The Kier molecular flexibility index (Phi) is 4.12. The zero-order valence-corrected chi connectivity index (χ0v) is 12.0. The normalized spacial score (nSPS) is 28.5. The van der Waals surface area contributed by atoms with Gasteiger partial charge in [0, 0.05) is 23.1 Å². The Labute approximate surface area is 119 Å². The number of thioether (sulfide) groups is 1. The quantitative estimate of drug-likeness (QED) is 0.834. The van der Waals surface area contributed by atoms with Gasteiger partial charge in [0.1, 0.15) is 0 Å².